The summed E-state index contributed by atoms with van der Waals surface area (Å²) in [5.74, 6) is -0.721. The number of phenolic OH excluding ortho intramolecular Hbond substituents is 1. The van der Waals surface area contributed by atoms with E-state index in [1.54, 1.807) is 6.07 Å². The van der Waals surface area contributed by atoms with Crippen molar-refractivity contribution in [1.29, 1.82) is 0 Å². The molecule has 1 aliphatic rings. The van der Waals surface area contributed by atoms with Crippen molar-refractivity contribution in [3.8, 4) is 5.75 Å². The molecule has 1 unspecified atom stereocenters. The van der Waals surface area contributed by atoms with Crippen LogP contribution in [0.2, 0.25) is 5.02 Å². The fourth-order valence-electron chi connectivity index (χ4n) is 4.77. The average Bonchev–Trinajstić information content (AvgIpc) is 3.31. The molecule has 0 radical (unpaired) electrons. The zero-order valence-electron chi connectivity index (χ0n) is 22.7. The number of benzene rings is 2. The fourth-order valence-corrected chi connectivity index (χ4v) is 5.01. The molecule has 0 spiro atoms. The first kappa shape index (κ1) is 30.6. The molecule has 2 aromatic rings. The van der Waals surface area contributed by atoms with Crippen LogP contribution in [-0.4, -0.2) is 40.1 Å². The van der Waals surface area contributed by atoms with Crippen LogP contribution in [0.1, 0.15) is 80.4 Å². The quantitative estimate of drug-likeness (QED) is 0.251. The van der Waals surface area contributed by atoms with Gasteiger partial charge in [-0.05, 0) is 75.0 Å². The molecular weight excluding hydrogens is 531 g/mol. The molecule has 1 heterocycles. The van der Waals surface area contributed by atoms with E-state index in [2.05, 4.69) is 10.3 Å². The number of carbonyl (C=O) groups excluding carboxylic acids is 2. The molecule has 0 saturated carbocycles. The molecule has 3 rings (SSSR count). The van der Waals surface area contributed by atoms with Crippen molar-refractivity contribution in [2.75, 3.05) is 6.54 Å². The van der Waals surface area contributed by atoms with E-state index in [0.29, 0.717) is 36.2 Å². The maximum Gasteiger partial charge on any atom is 0.416 e. The normalized spacial score (nSPS) is 16.6. The number of amides is 1. The zero-order valence-corrected chi connectivity index (χ0v) is 23.4. The van der Waals surface area contributed by atoms with Gasteiger partial charge in [0, 0.05) is 23.0 Å². The number of carbonyl (C=O) groups is 2. The molecular formula is C29H35ClF3N3O3. The molecule has 1 amide bonds. The van der Waals surface area contributed by atoms with Gasteiger partial charge in [0.05, 0.1) is 22.9 Å². The number of ketones is 1. The van der Waals surface area contributed by atoms with Gasteiger partial charge in [0.2, 0.25) is 0 Å². The maximum atomic E-state index is 13.2. The Hall–Kier alpha value is -2.91. The summed E-state index contributed by atoms with van der Waals surface area (Å²) >= 11 is 6.29. The Bertz CT molecular complexity index is 1240. The lowest BCUT2D eigenvalue weighted by molar-refractivity contribution is -0.137. The van der Waals surface area contributed by atoms with Crippen molar-refractivity contribution in [3.63, 3.8) is 0 Å². The van der Waals surface area contributed by atoms with Gasteiger partial charge >= 0.3 is 6.18 Å². The molecule has 6 nitrogen and oxygen atoms in total. The van der Waals surface area contributed by atoms with Gasteiger partial charge in [-0.25, -0.2) is 4.99 Å². The number of likely N-dealkylation sites (tertiary alicyclic amines) is 1. The lowest BCUT2D eigenvalue weighted by Crippen LogP contribution is -2.38. The highest BCUT2D eigenvalue weighted by molar-refractivity contribution is 6.31. The second-order valence-corrected chi connectivity index (χ2v) is 10.7. The molecule has 0 aromatic heterocycles. The Morgan fingerprint density at radius 2 is 1.92 bits per heavy atom. The number of aliphatic imine (C=N–C) groups is 1. The lowest BCUT2D eigenvalue weighted by atomic mass is 9.99. The number of phenols is 1. The summed E-state index contributed by atoms with van der Waals surface area (Å²) in [5, 5.41) is 13.8. The average molecular weight is 566 g/mol. The van der Waals surface area contributed by atoms with E-state index < -0.39 is 17.6 Å². The van der Waals surface area contributed by atoms with E-state index in [4.69, 9.17) is 11.6 Å². The Kier molecular flexibility index (Phi) is 10.2. The topological polar surface area (TPSA) is 82.0 Å². The predicted octanol–water partition coefficient (Wildman–Crippen LogP) is 7.08. The molecule has 39 heavy (non-hydrogen) atoms. The number of rotatable bonds is 9. The molecule has 1 saturated heterocycles. The summed E-state index contributed by atoms with van der Waals surface area (Å²) in [6, 6.07) is 6.02. The molecule has 2 N–H and O–H groups in total. The van der Waals surface area contributed by atoms with Crippen molar-refractivity contribution < 1.29 is 27.9 Å². The molecule has 1 aliphatic heterocycles. The lowest BCUT2D eigenvalue weighted by Gasteiger charge is -2.25. The Labute approximate surface area is 232 Å². The van der Waals surface area contributed by atoms with Gasteiger partial charge in [-0.3, -0.25) is 14.5 Å². The molecule has 0 aliphatic carbocycles. The van der Waals surface area contributed by atoms with Crippen LogP contribution in [0.25, 0.3) is 0 Å². The largest absolute Gasteiger partial charge is 0.507 e. The van der Waals surface area contributed by atoms with Gasteiger partial charge in [-0.2, -0.15) is 13.2 Å². The second-order valence-electron chi connectivity index (χ2n) is 10.2. The van der Waals surface area contributed by atoms with Crippen molar-refractivity contribution in [1.82, 2.24) is 10.2 Å². The minimum Gasteiger partial charge on any atom is -0.507 e. The van der Waals surface area contributed by atoms with Gasteiger partial charge in [-0.15, -0.1) is 0 Å². The Balaban J connectivity index is 1.83. The van der Waals surface area contributed by atoms with Crippen LogP contribution in [0.15, 0.2) is 35.3 Å². The molecule has 1 fully saturated rings. The number of alkyl halides is 3. The third kappa shape index (κ3) is 7.82. The van der Waals surface area contributed by atoms with Crippen LogP contribution in [-0.2, 0) is 23.9 Å². The first-order valence-electron chi connectivity index (χ1n) is 13.2. The summed E-state index contributed by atoms with van der Waals surface area (Å²) in [5.41, 5.74) is 0.386. The third-order valence-corrected chi connectivity index (χ3v) is 7.04. The number of hydrogen-bond donors (Lipinski definition) is 2. The van der Waals surface area contributed by atoms with Gasteiger partial charge in [0.25, 0.3) is 5.91 Å². The number of amidine groups is 1. The smallest absolute Gasteiger partial charge is 0.416 e. The summed E-state index contributed by atoms with van der Waals surface area (Å²) in [4.78, 5) is 32.1. The highest BCUT2D eigenvalue weighted by atomic mass is 35.5. The fraction of sp³-hybridized carbons (Fsp3) is 0.483. The highest BCUT2D eigenvalue weighted by Crippen LogP contribution is 2.34. The number of halogens is 4. The summed E-state index contributed by atoms with van der Waals surface area (Å²) in [6.07, 6.45) is -0.964. The molecule has 212 valence electrons. The number of hydrogen-bond acceptors (Lipinski definition) is 5. The zero-order chi connectivity index (χ0) is 28.9. The van der Waals surface area contributed by atoms with Crippen LogP contribution in [0.4, 0.5) is 18.9 Å². The van der Waals surface area contributed by atoms with Crippen LogP contribution < -0.4 is 5.32 Å². The van der Waals surface area contributed by atoms with Gasteiger partial charge in [-0.1, -0.05) is 38.8 Å². The van der Waals surface area contributed by atoms with Gasteiger partial charge in [0.1, 0.15) is 11.6 Å². The van der Waals surface area contributed by atoms with Gasteiger partial charge < -0.3 is 10.4 Å². The first-order chi connectivity index (χ1) is 18.3. The molecule has 1 atom stereocenters. The van der Waals surface area contributed by atoms with E-state index in [0.717, 1.165) is 31.4 Å². The number of nitrogens with one attached hydrogen (secondary N) is 1. The molecule has 10 heteroatoms. The second kappa shape index (κ2) is 13.0. The SMILES string of the molecule is CCCCc1cc(C(F)(F)F)ccc1N=C(C)NC(=O)c1cc(Cl)cc(CN2CCCC2C(=O)C(C)C)c1O. The van der Waals surface area contributed by atoms with Crippen LogP contribution in [0.5, 0.6) is 5.75 Å². The van der Waals surface area contributed by atoms with E-state index in [1.165, 1.54) is 19.1 Å². The standard InChI is InChI=1S/C29H35ClF3N3O3/c1-5-6-8-19-13-21(29(31,32)33)10-11-24(19)34-18(4)35-28(39)23-15-22(30)14-20(27(23)38)16-36-12-7-9-25(36)26(37)17(2)3/h10-11,13-15,17,25,38H,5-9,12,16H2,1-4H3,(H,34,35,39). The van der Waals surface area contributed by atoms with E-state index in [9.17, 15) is 27.9 Å². The van der Waals surface area contributed by atoms with Crippen LogP contribution in [0, 0.1) is 5.92 Å². The summed E-state index contributed by atoms with van der Waals surface area (Å²) in [6.45, 7) is 8.14. The Morgan fingerprint density at radius 1 is 1.21 bits per heavy atom. The first-order valence-corrected chi connectivity index (χ1v) is 13.6. The summed E-state index contributed by atoms with van der Waals surface area (Å²) < 4.78 is 39.7. The molecule has 0 bridgehead atoms. The van der Waals surface area contributed by atoms with Crippen LogP contribution in [0.3, 0.4) is 0 Å². The minimum atomic E-state index is -4.47. The minimum absolute atomic E-state index is 0.0587. The van der Waals surface area contributed by atoms with E-state index in [-0.39, 0.29) is 46.5 Å². The van der Waals surface area contributed by atoms with Crippen molar-refractivity contribution in [2.45, 2.75) is 78.6 Å². The predicted molar refractivity (Wildman–Crippen MR) is 147 cm³/mol. The number of unbranched alkanes of at least 4 members (excludes halogenated alkanes) is 1. The van der Waals surface area contributed by atoms with Crippen molar-refractivity contribution in [3.05, 3.63) is 57.6 Å². The third-order valence-electron chi connectivity index (χ3n) is 6.82. The Morgan fingerprint density at radius 3 is 2.56 bits per heavy atom. The highest BCUT2D eigenvalue weighted by Gasteiger charge is 2.33. The van der Waals surface area contributed by atoms with Crippen molar-refractivity contribution in [2.24, 2.45) is 10.9 Å². The number of nitrogens with zero attached hydrogens (tertiary/aromatic N) is 2. The van der Waals surface area contributed by atoms with Crippen molar-refractivity contribution >= 4 is 34.8 Å². The molecule has 2 aromatic carbocycles. The van der Waals surface area contributed by atoms with Gasteiger partial charge in [0.15, 0.2) is 5.78 Å². The maximum absolute atomic E-state index is 13.2. The van der Waals surface area contributed by atoms with E-state index >= 15 is 0 Å². The summed E-state index contributed by atoms with van der Waals surface area (Å²) in [7, 11) is 0. The number of aryl methyl sites for hydroxylation is 1. The monoisotopic (exact) mass is 565 g/mol. The number of aromatic hydroxyl groups is 1. The van der Waals surface area contributed by atoms with E-state index in [1.807, 2.05) is 25.7 Å². The van der Waals surface area contributed by atoms with Crippen LogP contribution >= 0.6 is 11.6 Å². The number of Topliss-reactive ketones (excluding diaryl/α,β-unsaturated/α-hetero) is 1.